The summed E-state index contributed by atoms with van der Waals surface area (Å²) in [4.78, 5) is 32.3. The van der Waals surface area contributed by atoms with E-state index in [0.717, 1.165) is 38.0 Å². The lowest BCUT2D eigenvalue weighted by molar-refractivity contribution is -0.123. The van der Waals surface area contributed by atoms with E-state index in [4.69, 9.17) is 0 Å². The monoisotopic (exact) mass is 456 g/mol. The first kappa shape index (κ1) is 23.6. The maximum atomic E-state index is 13.1. The van der Waals surface area contributed by atoms with Gasteiger partial charge in [0.05, 0.1) is 5.56 Å². The van der Waals surface area contributed by atoms with Gasteiger partial charge in [-0.3, -0.25) is 14.6 Å². The van der Waals surface area contributed by atoms with E-state index < -0.39 is 6.04 Å². The van der Waals surface area contributed by atoms with E-state index in [9.17, 15) is 9.59 Å². The van der Waals surface area contributed by atoms with Crippen molar-refractivity contribution in [2.75, 3.05) is 26.2 Å². The fraction of sp³-hybridized carbons (Fsp3) is 0.321. The number of benzene rings is 2. The summed E-state index contributed by atoms with van der Waals surface area (Å²) in [6, 6.07) is 23.1. The Hall–Kier alpha value is -3.51. The van der Waals surface area contributed by atoms with Crippen LogP contribution in [0.3, 0.4) is 0 Å². The minimum Gasteiger partial charge on any atom is -0.354 e. The van der Waals surface area contributed by atoms with Gasteiger partial charge in [0.15, 0.2) is 0 Å². The highest BCUT2D eigenvalue weighted by atomic mass is 16.2. The molecule has 2 aromatic carbocycles. The molecule has 0 radical (unpaired) electrons. The number of likely N-dealkylation sites (tertiary alicyclic amines) is 1. The predicted molar refractivity (Wildman–Crippen MR) is 133 cm³/mol. The molecule has 1 aliphatic heterocycles. The highest BCUT2D eigenvalue weighted by Gasteiger charge is 2.26. The second-order valence-corrected chi connectivity index (χ2v) is 8.89. The van der Waals surface area contributed by atoms with E-state index in [1.165, 1.54) is 11.8 Å². The smallest absolute Gasteiger partial charge is 0.253 e. The van der Waals surface area contributed by atoms with Crippen molar-refractivity contribution in [3.63, 3.8) is 0 Å². The molecule has 0 aliphatic carbocycles. The highest BCUT2D eigenvalue weighted by Crippen LogP contribution is 2.16. The van der Waals surface area contributed by atoms with E-state index in [-0.39, 0.29) is 11.8 Å². The first-order valence-corrected chi connectivity index (χ1v) is 12.0. The maximum absolute atomic E-state index is 13.1. The second-order valence-electron chi connectivity index (χ2n) is 8.89. The van der Waals surface area contributed by atoms with E-state index in [2.05, 4.69) is 44.8 Å². The van der Waals surface area contributed by atoms with Crippen LogP contribution in [0.5, 0.6) is 0 Å². The van der Waals surface area contributed by atoms with Gasteiger partial charge in [0.1, 0.15) is 6.04 Å². The first-order valence-electron chi connectivity index (χ1n) is 12.0. The van der Waals surface area contributed by atoms with Gasteiger partial charge in [0.25, 0.3) is 5.91 Å². The molecule has 0 spiro atoms. The Kier molecular flexibility index (Phi) is 8.41. The predicted octanol–water partition coefficient (Wildman–Crippen LogP) is 3.10. The molecule has 6 nitrogen and oxygen atoms in total. The summed E-state index contributed by atoms with van der Waals surface area (Å²) in [5.41, 5.74) is 2.80. The summed E-state index contributed by atoms with van der Waals surface area (Å²) in [6.07, 6.45) is 5.68. The standard InChI is InChI=1S/C28H32N4O2/c33-27(25-12-7-15-29-20-25)31-26(18-23-10-5-2-6-11-23)28(34)30-19-24-14-17-32(21-24)16-13-22-8-3-1-4-9-22/h1-12,15,20,24,26H,13-14,16-19,21H2,(H,30,34)(H,31,33). The second kappa shape index (κ2) is 12.1. The van der Waals surface area contributed by atoms with Crippen LogP contribution in [-0.4, -0.2) is 53.9 Å². The summed E-state index contributed by atoms with van der Waals surface area (Å²) in [7, 11) is 0. The van der Waals surface area contributed by atoms with Crippen LogP contribution in [0.25, 0.3) is 0 Å². The molecule has 3 aromatic rings. The number of carbonyl (C=O) groups is 2. The Bertz CT molecular complexity index is 1040. The molecule has 2 N–H and O–H groups in total. The zero-order valence-electron chi connectivity index (χ0n) is 19.4. The molecule has 2 amide bonds. The molecule has 0 bridgehead atoms. The van der Waals surface area contributed by atoms with Crippen LogP contribution in [0.15, 0.2) is 85.2 Å². The number of carbonyl (C=O) groups excluding carboxylic acids is 2. The molecule has 2 heterocycles. The van der Waals surface area contributed by atoms with Crippen LogP contribution < -0.4 is 10.6 Å². The van der Waals surface area contributed by atoms with Crippen LogP contribution in [0, 0.1) is 5.92 Å². The van der Waals surface area contributed by atoms with Gasteiger partial charge in [0, 0.05) is 38.4 Å². The molecule has 176 valence electrons. The number of rotatable bonds is 10. The number of hydrogen-bond donors (Lipinski definition) is 2. The molecule has 2 unspecified atom stereocenters. The molecule has 34 heavy (non-hydrogen) atoms. The molecule has 4 rings (SSSR count). The Morgan fingerprint density at radius 1 is 0.971 bits per heavy atom. The summed E-state index contributed by atoms with van der Waals surface area (Å²) in [5.74, 6) is -0.0212. The fourth-order valence-electron chi connectivity index (χ4n) is 4.38. The quantitative estimate of drug-likeness (QED) is 0.492. The highest BCUT2D eigenvalue weighted by molar-refractivity contribution is 5.97. The average Bonchev–Trinajstić information content (AvgIpc) is 3.35. The number of pyridine rings is 1. The van der Waals surface area contributed by atoms with Crippen LogP contribution in [0.2, 0.25) is 0 Å². The van der Waals surface area contributed by atoms with Gasteiger partial charge < -0.3 is 15.5 Å². The lowest BCUT2D eigenvalue weighted by atomic mass is 10.0. The number of nitrogens with zero attached hydrogens (tertiary/aromatic N) is 2. The Balaban J connectivity index is 1.29. The van der Waals surface area contributed by atoms with E-state index in [1.807, 2.05) is 36.4 Å². The third-order valence-corrected chi connectivity index (χ3v) is 6.32. The van der Waals surface area contributed by atoms with Crippen molar-refractivity contribution in [3.05, 3.63) is 102 Å². The normalized spacial score (nSPS) is 16.6. The lowest BCUT2D eigenvalue weighted by Gasteiger charge is -2.20. The minimum atomic E-state index is -0.648. The van der Waals surface area contributed by atoms with Crippen molar-refractivity contribution in [2.45, 2.75) is 25.3 Å². The fourth-order valence-corrected chi connectivity index (χ4v) is 4.38. The number of amides is 2. The van der Waals surface area contributed by atoms with Crippen LogP contribution in [-0.2, 0) is 17.6 Å². The van der Waals surface area contributed by atoms with E-state index in [1.54, 1.807) is 18.3 Å². The zero-order valence-corrected chi connectivity index (χ0v) is 19.4. The molecule has 1 saturated heterocycles. The van der Waals surface area contributed by atoms with Gasteiger partial charge in [-0.25, -0.2) is 0 Å². The number of nitrogens with one attached hydrogen (secondary N) is 2. The molecular formula is C28H32N4O2. The molecule has 1 fully saturated rings. The van der Waals surface area contributed by atoms with Gasteiger partial charge in [-0.2, -0.15) is 0 Å². The van der Waals surface area contributed by atoms with Crippen molar-refractivity contribution in [1.82, 2.24) is 20.5 Å². The van der Waals surface area contributed by atoms with Gasteiger partial charge >= 0.3 is 0 Å². The largest absolute Gasteiger partial charge is 0.354 e. The first-order chi connectivity index (χ1) is 16.7. The number of hydrogen-bond acceptors (Lipinski definition) is 4. The van der Waals surface area contributed by atoms with Gasteiger partial charge in [0.2, 0.25) is 5.91 Å². The summed E-state index contributed by atoms with van der Waals surface area (Å²) in [6.45, 7) is 3.69. The van der Waals surface area contributed by atoms with Crippen molar-refractivity contribution in [1.29, 1.82) is 0 Å². The zero-order chi connectivity index (χ0) is 23.6. The molecule has 1 aromatic heterocycles. The van der Waals surface area contributed by atoms with Crippen molar-refractivity contribution in [2.24, 2.45) is 5.92 Å². The Labute approximate surface area is 201 Å². The van der Waals surface area contributed by atoms with E-state index >= 15 is 0 Å². The summed E-state index contributed by atoms with van der Waals surface area (Å²) in [5, 5.41) is 6.00. The number of aromatic nitrogens is 1. The van der Waals surface area contributed by atoms with E-state index in [0.29, 0.717) is 24.4 Å². The van der Waals surface area contributed by atoms with Crippen LogP contribution in [0.1, 0.15) is 27.9 Å². The maximum Gasteiger partial charge on any atom is 0.253 e. The van der Waals surface area contributed by atoms with Crippen molar-refractivity contribution < 1.29 is 9.59 Å². The minimum absolute atomic E-state index is 0.149. The molecular weight excluding hydrogens is 424 g/mol. The van der Waals surface area contributed by atoms with Crippen LogP contribution >= 0.6 is 0 Å². The molecule has 0 saturated carbocycles. The third-order valence-electron chi connectivity index (χ3n) is 6.32. The molecule has 1 aliphatic rings. The summed E-state index contributed by atoms with van der Waals surface area (Å²) < 4.78 is 0. The average molecular weight is 457 g/mol. The third kappa shape index (κ3) is 6.99. The van der Waals surface area contributed by atoms with Crippen molar-refractivity contribution >= 4 is 11.8 Å². The van der Waals surface area contributed by atoms with Gasteiger partial charge in [-0.05, 0) is 48.6 Å². The lowest BCUT2D eigenvalue weighted by Crippen LogP contribution is -2.49. The Morgan fingerprint density at radius 2 is 1.71 bits per heavy atom. The Morgan fingerprint density at radius 3 is 2.41 bits per heavy atom. The van der Waals surface area contributed by atoms with Crippen LogP contribution in [0.4, 0.5) is 0 Å². The molecule has 6 heteroatoms. The summed E-state index contributed by atoms with van der Waals surface area (Å²) >= 11 is 0. The van der Waals surface area contributed by atoms with Gasteiger partial charge in [-0.1, -0.05) is 60.7 Å². The van der Waals surface area contributed by atoms with Crippen molar-refractivity contribution in [3.8, 4) is 0 Å². The van der Waals surface area contributed by atoms with Gasteiger partial charge in [-0.15, -0.1) is 0 Å². The topological polar surface area (TPSA) is 74.3 Å². The molecule has 2 atom stereocenters. The SMILES string of the molecule is O=C(NC(Cc1ccccc1)C(=O)NCC1CCN(CCc2ccccc2)C1)c1cccnc1.